The summed E-state index contributed by atoms with van der Waals surface area (Å²) in [5.41, 5.74) is 2.59. The standard InChI is InChI=1S/C15H21N/c1-3-13-8-7-10-15(12-13)16-11-6-5-9-14(16)4-2/h3,7-8,10,12,14H,1,4-6,9,11H2,2H3. The van der Waals surface area contributed by atoms with Gasteiger partial charge in [-0.2, -0.15) is 0 Å². The molecule has 0 aliphatic carbocycles. The molecule has 86 valence electrons. The largest absolute Gasteiger partial charge is 0.369 e. The van der Waals surface area contributed by atoms with Crippen molar-refractivity contribution >= 4 is 11.8 Å². The first kappa shape index (κ1) is 11.3. The Bertz CT molecular complexity index is 356. The first-order chi connectivity index (χ1) is 7.85. The smallest absolute Gasteiger partial charge is 0.0374 e. The lowest BCUT2D eigenvalue weighted by Crippen LogP contribution is -2.39. The first-order valence-electron chi connectivity index (χ1n) is 6.34. The molecule has 0 amide bonds. The molecule has 1 aliphatic heterocycles. The second-order valence-electron chi connectivity index (χ2n) is 4.55. The van der Waals surface area contributed by atoms with E-state index in [0.717, 1.165) is 6.04 Å². The van der Waals surface area contributed by atoms with Crippen LogP contribution in [-0.4, -0.2) is 12.6 Å². The highest BCUT2D eigenvalue weighted by molar-refractivity contribution is 5.57. The molecule has 0 saturated carbocycles. The quantitative estimate of drug-likeness (QED) is 0.733. The van der Waals surface area contributed by atoms with Crippen molar-refractivity contribution in [3.63, 3.8) is 0 Å². The van der Waals surface area contributed by atoms with Crippen molar-refractivity contribution in [3.8, 4) is 0 Å². The van der Waals surface area contributed by atoms with Crippen LogP contribution >= 0.6 is 0 Å². The van der Waals surface area contributed by atoms with E-state index < -0.39 is 0 Å². The number of nitrogens with zero attached hydrogens (tertiary/aromatic N) is 1. The van der Waals surface area contributed by atoms with Gasteiger partial charge in [-0.15, -0.1) is 0 Å². The van der Waals surface area contributed by atoms with Gasteiger partial charge in [-0.25, -0.2) is 0 Å². The first-order valence-corrected chi connectivity index (χ1v) is 6.34. The highest BCUT2D eigenvalue weighted by atomic mass is 15.2. The topological polar surface area (TPSA) is 3.24 Å². The van der Waals surface area contributed by atoms with E-state index >= 15 is 0 Å². The van der Waals surface area contributed by atoms with Gasteiger partial charge in [0.1, 0.15) is 0 Å². The van der Waals surface area contributed by atoms with Crippen molar-refractivity contribution < 1.29 is 0 Å². The number of hydrogen-bond acceptors (Lipinski definition) is 1. The molecule has 1 aromatic rings. The summed E-state index contributed by atoms with van der Waals surface area (Å²) in [7, 11) is 0. The molecule has 1 heteroatoms. The maximum atomic E-state index is 3.84. The Labute approximate surface area is 98.8 Å². The van der Waals surface area contributed by atoms with Crippen molar-refractivity contribution in [3.05, 3.63) is 36.4 Å². The van der Waals surface area contributed by atoms with Crippen LogP contribution in [0.4, 0.5) is 5.69 Å². The van der Waals surface area contributed by atoms with Crippen LogP contribution in [0.2, 0.25) is 0 Å². The molecular weight excluding hydrogens is 194 g/mol. The van der Waals surface area contributed by atoms with Crippen molar-refractivity contribution in [2.75, 3.05) is 11.4 Å². The fourth-order valence-electron chi connectivity index (χ4n) is 2.60. The molecule has 1 aliphatic rings. The number of hydrogen-bond donors (Lipinski definition) is 0. The number of anilines is 1. The van der Waals surface area contributed by atoms with Crippen LogP contribution in [0.5, 0.6) is 0 Å². The minimum absolute atomic E-state index is 0.730. The number of rotatable bonds is 3. The third-order valence-corrected chi connectivity index (χ3v) is 3.54. The zero-order chi connectivity index (χ0) is 11.4. The molecule has 1 aromatic carbocycles. The summed E-state index contributed by atoms with van der Waals surface area (Å²) in [6.07, 6.45) is 7.23. The molecule has 0 aromatic heterocycles. The fraction of sp³-hybridized carbons (Fsp3) is 0.467. The van der Waals surface area contributed by atoms with Gasteiger partial charge in [0.05, 0.1) is 0 Å². The maximum absolute atomic E-state index is 3.84. The van der Waals surface area contributed by atoms with Crippen LogP contribution < -0.4 is 4.90 Å². The summed E-state index contributed by atoms with van der Waals surface area (Å²) in [5, 5.41) is 0. The highest BCUT2D eigenvalue weighted by Gasteiger charge is 2.20. The lowest BCUT2D eigenvalue weighted by Gasteiger charge is -2.37. The number of benzene rings is 1. The summed E-state index contributed by atoms with van der Waals surface area (Å²) in [6.45, 7) is 7.34. The van der Waals surface area contributed by atoms with Crippen LogP contribution in [0.15, 0.2) is 30.8 Å². The molecule has 1 heterocycles. The fourth-order valence-corrected chi connectivity index (χ4v) is 2.60. The lowest BCUT2D eigenvalue weighted by atomic mass is 9.99. The Morgan fingerprint density at radius 1 is 1.44 bits per heavy atom. The van der Waals surface area contributed by atoms with Gasteiger partial charge >= 0.3 is 0 Å². The molecule has 0 spiro atoms. The van der Waals surface area contributed by atoms with Crippen molar-refractivity contribution in [1.82, 2.24) is 0 Å². The van der Waals surface area contributed by atoms with E-state index in [1.807, 2.05) is 6.08 Å². The summed E-state index contributed by atoms with van der Waals surface area (Å²) < 4.78 is 0. The normalized spacial score (nSPS) is 20.8. The Kier molecular flexibility index (Phi) is 3.66. The van der Waals surface area contributed by atoms with Gasteiger partial charge in [-0.1, -0.05) is 31.7 Å². The van der Waals surface area contributed by atoms with E-state index in [1.54, 1.807) is 0 Å². The van der Waals surface area contributed by atoms with Gasteiger partial charge in [0, 0.05) is 18.3 Å². The molecule has 1 unspecified atom stereocenters. The van der Waals surface area contributed by atoms with Gasteiger partial charge in [-0.3, -0.25) is 0 Å². The van der Waals surface area contributed by atoms with Gasteiger partial charge in [0.2, 0.25) is 0 Å². The summed E-state index contributed by atoms with van der Waals surface area (Å²) in [6, 6.07) is 9.45. The van der Waals surface area contributed by atoms with Crippen molar-refractivity contribution in [2.45, 2.75) is 38.6 Å². The van der Waals surface area contributed by atoms with Gasteiger partial charge < -0.3 is 4.90 Å². The van der Waals surface area contributed by atoms with Crippen molar-refractivity contribution in [1.29, 1.82) is 0 Å². The molecule has 1 fully saturated rings. The predicted octanol–water partition coefficient (Wildman–Crippen LogP) is 4.10. The van der Waals surface area contributed by atoms with E-state index in [-0.39, 0.29) is 0 Å². The van der Waals surface area contributed by atoms with Crippen LogP contribution in [0.3, 0.4) is 0 Å². The molecule has 0 bridgehead atoms. The Morgan fingerprint density at radius 2 is 2.31 bits per heavy atom. The van der Waals surface area contributed by atoms with Gasteiger partial charge in [-0.05, 0) is 43.4 Å². The van der Waals surface area contributed by atoms with E-state index in [4.69, 9.17) is 0 Å². The minimum atomic E-state index is 0.730. The van der Waals surface area contributed by atoms with E-state index in [9.17, 15) is 0 Å². The van der Waals surface area contributed by atoms with Crippen LogP contribution in [0.25, 0.3) is 6.08 Å². The zero-order valence-electron chi connectivity index (χ0n) is 10.2. The van der Waals surface area contributed by atoms with E-state index in [0.29, 0.717) is 0 Å². The second kappa shape index (κ2) is 5.20. The molecule has 1 nitrogen and oxygen atoms in total. The van der Waals surface area contributed by atoms with Crippen LogP contribution in [-0.2, 0) is 0 Å². The third-order valence-electron chi connectivity index (χ3n) is 3.54. The Morgan fingerprint density at radius 3 is 3.06 bits per heavy atom. The Balaban J connectivity index is 2.23. The average Bonchev–Trinajstić information content (AvgIpc) is 2.38. The molecule has 0 N–H and O–H groups in total. The molecule has 1 atom stereocenters. The van der Waals surface area contributed by atoms with Crippen LogP contribution in [0.1, 0.15) is 38.2 Å². The predicted molar refractivity (Wildman–Crippen MR) is 71.8 cm³/mol. The average molecular weight is 215 g/mol. The minimum Gasteiger partial charge on any atom is -0.369 e. The van der Waals surface area contributed by atoms with E-state index in [1.165, 1.54) is 43.5 Å². The monoisotopic (exact) mass is 215 g/mol. The highest BCUT2D eigenvalue weighted by Crippen LogP contribution is 2.27. The SMILES string of the molecule is C=Cc1cccc(N2CCCCC2CC)c1. The third kappa shape index (κ3) is 2.29. The summed E-state index contributed by atoms with van der Waals surface area (Å²) in [4.78, 5) is 2.57. The van der Waals surface area contributed by atoms with Gasteiger partial charge in [0.15, 0.2) is 0 Å². The second-order valence-corrected chi connectivity index (χ2v) is 4.55. The van der Waals surface area contributed by atoms with Crippen LogP contribution in [0, 0.1) is 0 Å². The van der Waals surface area contributed by atoms with Gasteiger partial charge in [0.25, 0.3) is 0 Å². The number of piperidine rings is 1. The lowest BCUT2D eigenvalue weighted by molar-refractivity contribution is 0.450. The Hall–Kier alpha value is -1.24. The van der Waals surface area contributed by atoms with E-state index in [2.05, 4.69) is 42.7 Å². The summed E-state index contributed by atoms with van der Waals surface area (Å²) >= 11 is 0. The molecule has 0 radical (unpaired) electrons. The maximum Gasteiger partial charge on any atom is 0.0374 e. The molecular formula is C15H21N. The molecule has 1 saturated heterocycles. The summed E-state index contributed by atoms with van der Waals surface area (Å²) in [5.74, 6) is 0. The molecule has 2 rings (SSSR count). The molecule has 16 heavy (non-hydrogen) atoms. The van der Waals surface area contributed by atoms with Crippen molar-refractivity contribution in [2.24, 2.45) is 0 Å². The zero-order valence-corrected chi connectivity index (χ0v) is 10.2.